The van der Waals surface area contributed by atoms with Gasteiger partial charge in [-0.25, -0.2) is 4.68 Å². The maximum absolute atomic E-state index is 11.6. The van der Waals surface area contributed by atoms with E-state index in [1.807, 2.05) is 0 Å². The Kier molecular flexibility index (Phi) is 3.28. The molecule has 0 aliphatic rings. The maximum Gasteiger partial charge on any atom is 0.269 e. The van der Waals surface area contributed by atoms with Crippen molar-refractivity contribution in [2.45, 2.75) is 6.42 Å². The predicted octanol–water partition coefficient (Wildman–Crippen LogP) is 0.499. The fraction of sp³-hybridized carbons (Fsp3) is 0.100. The maximum atomic E-state index is 11.6. The Morgan fingerprint density at radius 2 is 1.89 bits per heavy atom. The van der Waals surface area contributed by atoms with E-state index in [2.05, 4.69) is 15.6 Å². The minimum atomic E-state index is -0.485. The molecule has 2 rings (SSSR count). The molecule has 0 fully saturated rings. The number of carbonyl (C=O) groups is 1. The van der Waals surface area contributed by atoms with Crippen LogP contribution >= 0.6 is 0 Å². The average molecular weight is 247 g/mol. The number of rotatable bonds is 4. The van der Waals surface area contributed by atoms with Gasteiger partial charge in [0.25, 0.3) is 5.69 Å². The highest BCUT2D eigenvalue weighted by molar-refractivity contribution is 5.85. The van der Waals surface area contributed by atoms with Gasteiger partial charge in [-0.2, -0.15) is 0 Å². The molecular formula is C10H9N5O3. The van der Waals surface area contributed by atoms with Crippen molar-refractivity contribution in [2.24, 2.45) is 0 Å². The number of nitro groups is 1. The van der Waals surface area contributed by atoms with Crippen LogP contribution < -0.4 is 5.43 Å². The summed E-state index contributed by atoms with van der Waals surface area (Å²) in [6.45, 7) is 0. The summed E-state index contributed by atoms with van der Waals surface area (Å²) in [7, 11) is 0. The Labute approximate surface area is 101 Å². The zero-order valence-electron chi connectivity index (χ0n) is 9.18. The second-order valence-electron chi connectivity index (χ2n) is 3.50. The van der Waals surface area contributed by atoms with Gasteiger partial charge in [0.2, 0.25) is 5.91 Å². The minimum Gasteiger partial charge on any atom is -0.273 e. The van der Waals surface area contributed by atoms with Gasteiger partial charge in [-0.05, 0) is 5.56 Å². The SMILES string of the molecule is O=C(Cc1ccc([N+](=O)[O-])cc1)Nn1cnnc1. The summed E-state index contributed by atoms with van der Waals surface area (Å²) in [6.07, 6.45) is 2.83. The van der Waals surface area contributed by atoms with Gasteiger partial charge in [0.05, 0.1) is 11.3 Å². The van der Waals surface area contributed by atoms with Crippen LogP contribution in [-0.4, -0.2) is 25.7 Å². The molecule has 0 aliphatic heterocycles. The molecule has 1 heterocycles. The van der Waals surface area contributed by atoms with Gasteiger partial charge in [0.1, 0.15) is 12.7 Å². The fourth-order valence-electron chi connectivity index (χ4n) is 1.36. The van der Waals surface area contributed by atoms with Crippen LogP contribution in [0.25, 0.3) is 0 Å². The van der Waals surface area contributed by atoms with Crippen LogP contribution in [0.15, 0.2) is 36.9 Å². The van der Waals surface area contributed by atoms with Crippen molar-refractivity contribution >= 4 is 11.6 Å². The first kappa shape index (κ1) is 11.7. The highest BCUT2D eigenvalue weighted by Crippen LogP contribution is 2.12. The molecule has 8 nitrogen and oxygen atoms in total. The molecule has 0 radical (unpaired) electrons. The normalized spacial score (nSPS) is 10.0. The van der Waals surface area contributed by atoms with Crippen molar-refractivity contribution < 1.29 is 9.72 Å². The quantitative estimate of drug-likeness (QED) is 0.625. The number of non-ortho nitro benzene ring substituents is 1. The van der Waals surface area contributed by atoms with E-state index < -0.39 is 4.92 Å². The number of nitro benzene ring substituents is 1. The molecule has 1 amide bonds. The van der Waals surface area contributed by atoms with Gasteiger partial charge < -0.3 is 0 Å². The fourth-order valence-corrected chi connectivity index (χ4v) is 1.36. The number of hydrogen-bond donors (Lipinski definition) is 1. The summed E-state index contributed by atoms with van der Waals surface area (Å²) < 4.78 is 1.33. The van der Waals surface area contributed by atoms with Crippen molar-refractivity contribution in [3.05, 3.63) is 52.6 Å². The van der Waals surface area contributed by atoms with Gasteiger partial charge in [-0.15, -0.1) is 10.2 Å². The van der Waals surface area contributed by atoms with Crippen LogP contribution in [0.4, 0.5) is 5.69 Å². The molecule has 0 saturated heterocycles. The molecular weight excluding hydrogens is 238 g/mol. The van der Waals surface area contributed by atoms with Gasteiger partial charge in [0.15, 0.2) is 0 Å². The molecule has 18 heavy (non-hydrogen) atoms. The third-order valence-corrected chi connectivity index (χ3v) is 2.18. The third kappa shape index (κ3) is 2.88. The number of carbonyl (C=O) groups excluding carboxylic acids is 1. The Bertz CT molecular complexity index is 549. The molecule has 0 saturated carbocycles. The molecule has 2 aromatic rings. The first-order valence-electron chi connectivity index (χ1n) is 5.03. The standard InChI is InChI=1S/C10H9N5O3/c16-10(13-14-6-11-12-7-14)5-8-1-3-9(4-2-8)15(17)18/h1-4,6-7H,5H2,(H,13,16). The smallest absolute Gasteiger partial charge is 0.269 e. The molecule has 0 bridgehead atoms. The van der Waals surface area contributed by atoms with E-state index in [1.165, 1.54) is 29.5 Å². The molecule has 1 N–H and O–H groups in total. The molecule has 0 atom stereocenters. The minimum absolute atomic E-state index is 0.00188. The number of aromatic nitrogens is 3. The highest BCUT2D eigenvalue weighted by Gasteiger charge is 2.07. The van der Waals surface area contributed by atoms with E-state index in [4.69, 9.17) is 0 Å². The molecule has 0 aliphatic carbocycles. The van der Waals surface area contributed by atoms with Crippen LogP contribution in [-0.2, 0) is 11.2 Å². The molecule has 0 unspecified atom stereocenters. The summed E-state index contributed by atoms with van der Waals surface area (Å²) >= 11 is 0. The summed E-state index contributed by atoms with van der Waals surface area (Å²) in [5.74, 6) is -0.261. The van der Waals surface area contributed by atoms with E-state index >= 15 is 0 Å². The zero-order chi connectivity index (χ0) is 13.0. The summed E-state index contributed by atoms with van der Waals surface area (Å²) in [4.78, 5) is 21.5. The first-order chi connectivity index (χ1) is 8.65. The van der Waals surface area contributed by atoms with Crippen molar-refractivity contribution in [3.63, 3.8) is 0 Å². The lowest BCUT2D eigenvalue weighted by atomic mass is 10.1. The Balaban J connectivity index is 1.97. The lowest BCUT2D eigenvalue weighted by Gasteiger charge is -2.04. The van der Waals surface area contributed by atoms with Crippen molar-refractivity contribution in [2.75, 3.05) is 5.43 Å². The van der Waals surface area contributed by atoms with Crippen LogP contribution in [0.5, 0.6) is 0 Å². The van der Waals surface area contributed by atoms with Crippen LogP contribution in [0, 0.1) is 10.1 Å². The van der Waals surface area contributed by atoms with E-state index in [-0.39, 0.29) is 18.0 Å². The summed E-state index contributed by atoms with van der Waals surface area (Å²) in [5.41, 5.74) is 3.21. The second kappa shape index (κ2) is 5.04. The number of amides is 1. The summed E-state index contributed by atoms with van der Waals surface area (Å²) in [5, 5.41) is 17.5. The van der Waals surface area contributed by atoms with E-state index in [0.29, 0.717) is 5.56 Å². The van der Waals surface area contributed by atoms with E-state index in [0.717, 1.165) is 0 Å². The lowest BCUT2D eigenvalue weighted by molar-refractivity contribution is -0.384. The lowest BCUT2D eigenvalue weighted by Crippen LogP contribution is -2.23. The van der Waals surface area contributed by atoms with Gasteiger partial charge >= 0.3 is 0 Å². The number of hydrogen-bond acceptors (Lipinski definition) is 5. The molecule has 1 aromatic carbocycles. The van der Waals surface area contributed by atoms with Gasteiger partial charge in [-0.3, -0.25) is 20.3 Å². The second-order valence-corrected chi connectivity index (χ2v) is 3.50. The Morgan fingerprint density at radius 1 is 1.28 bits per heavy atom. The van der Waals surface area contributed by atoms with Crippen molar-refractivity contribution in [1.29, 1.82) is 0 Å². The monoisotopic (exact) mass is 247 g/mol. The van der Waals surface area contributed by atoms with Crippen LogP contribution in [0.2, 0.25) is 0 Å². The van der Waals surface area contributed by atoms with E-state index in [9.17, 15) is 14.9 Å². The Morgan fingerprint density at radius 3 is 2.44 bits per heavy atom. The van der Waals surface area contributed by atoms with Gasteiger partial charge in [-0.1, -0.05) is 12.1 Å². The van der Waals surface area contributed by atoms with Crippen molar-refractivity contribution in [3.8, 4) is 0 Å². The largest absolute Gasteiger partial charge is 0.273 e. The van der Waals surface area contributed by atoms with Crippen LogP contribution in [0.3, 0.4) is 0 Å². The molecule has 0 spiro atoms. The topological polar surface area (TPSA) is 103 Å². The predicted molar refractivity (Wildman–Crippen MR) is 61.2 cm³/mol. The average Bonchev–Trinajstić information content (AvgIpc) is 2.82. The molecule has 1 aromatic heterocycles. The highest BCUT2D eigenvalue weighted by atomic mass is 16.6. The third-order valence-electron chi connectivity index (χ3n) is 2.18. The first-order valence-corrected chi connectivity index (χ1v) is 5.03. The summed E-state index contributed by atoms with van der Waals surface area (Å²) in [6, 6.07) is 5.82. The Hall–Kier alpha value is -2.77. The van der Waals surface area contributed by atoms with Gasteiger partial charge in [0, 0.05) is 12.1 Å². The molecule has 92 valence electrons. The van der Waals surface area contributed by atoms with Crippen molar-refractivity contribution in [1.82, 2.24) is 14.9 Å². The number of benzene rings is 1. The van der Waals surface area contributed by atoms with E-state index in [1.54, 1.807) is 12.1 Å². The number of nitrogens with zero attached hydrogens (tertiary/aromatic N) is 4. The zero-order valence-corrected chi connectivity index (χ0v) is 9.18. The number of nitrogens with one attached hydrogen (secondary N) is 1. The molecule has 8 heteroatoms. The van der Waals surface area contributed by atoms with Crippen LogP contribution in [0.1, 0.15) is 5.56 Å².